The number of carboxylic acid groups (broad SMARTS) is 1. The molecule has 6 nitrogen and oxygen atoms in total. The van der Waals surface area contributed by atoms with E-state index in [4.69, 9.17) is 5.11 Å². The zero-order chi connectivity index (χ0) is 17.1. The molecular weight excluding hydrogens is 313 g/mol. The quantitative estimate of drug-likeness (QED) is 0.667. The number of rotatable bonds is 4. The van der Waals surface area contributed by atoms with Crippen molar-refractivity contribution >= 4 is 11.9 Å². The van der Waals surface area contributed by atoms with Crippen LogP contribution < -0.4 is 16.2 Å². The minimum Gasteiger partial charge on any atom is -0.481 e. The number of nitrogens with one attached hydrogen (secondary N) is 3. The van der Waals surface area contributed by atoms with Gasteiger partial charge in [-0.3, -0.25) is 15.0 Å². The van der Waals surface area contributed by atoms with Gasteiger partial charge in [0, 0.05) is 18.2 Å². The molecule has 0 radical (unpaired) electrons. The second kappa shape index (κ2) is 7.27. The van der Waals surface area contributed by atoms with Crippen molar-refractivity contribution in [2.45, 2.75) is 37.8 Å². The number of carboxylic acids is 1. The van der Waals surface area contributed by atoms with Crippen LogP contribution in [0.3, 0.4) is 0 Å². The van der Waals surface area contributed by atoms with Gasteiger partial charge in [-0.1, -0.05) is 18.2 Å². The number of halogens is 1. The minimum atomic E-state index is -0.761. The second-order valence-corrected chi connectivity index (χ2v) is 6.53. The van der Waals surface area contributed by atoms with Crippen molar-refractivity contribution in [1.82, 2.24) is 16.2 Å². The maximum atomic E-state index is 14.0. The summed E-state index contributed by atoms with van der Waals surface area (Å²) >= 11 is 0. The Bertz CT molecular complexity index is 617. The largest absolute Gasteiger partial charge is 0.481 e. The first-order valence-corrected chi connectivity index (χ1v) is 8.32. The van der Waals surface area contributed by atoms with E-state index >= 15 is 0 Å². The minimum absolute atomic E-state index is 0.00466. The number of hydrogen-bond acceptors (Lipinski definition) is 4. The normalized spacial score (nSPS) is 30.0. The molecule has 1 saturated carbocycles. The first kappa shape index (κ1) is 16.9. The zero-order valence-corrected chi connectivity index (χ0v) is 13.3. The zero-order valence-electron chi connectivity index (χ0n) is 13.3. The molecule has 0 spiro atoms. The lowest BCUT2D eigenvalue weighted by Gasteiger charge is -2.28. The van der Waals surface area contributed by atoms with Crippen molar-refractivity contribution in [3.63, 3.8) is 0 Å². The summed E-state index contributed by atoms with van der Waals surface area (Å²) in [5.74, 6) is -1.93. The molecule has 4 N–H and O–H groups in total. The molecule has 2 atom stereocenters. The Morgan fingerprint density at radius 3 is 2.54 bits per heavy atom. The molecule has 2 fully saturated rings. The Morgan fingerprint density at radius 1 is 1.17 bits per heavy atom. The van der Waals surface area contributed by atoms with Crippen LogP contribution in [0.2, 0.25) is 0 Å². The van der Waals surface area contributed by atoms with Crippen LogP contribution in [0, 0.1) is 17.7 Å². The molecule has 1 heterocycles. The monoisotopic (exact) mass is 335 g/mol. The summed E-state index contributed by atoms with van der Waals surface area (Å²) in [5.41, 5.74) is 6.38. The molecule has 1 aromatic carbocycles. The van der Waals surface area contributed by atoms with Crippen LogP contribution in [-0.4, -0.2) is 29.6 Å². The maximum Gasteiger partial charge on any atom is 0.306 e. The Kier molecular flexibility index (Phi) is 5.11. The van der Waals surface area contributed by atoms with Crippen molar-refractivity contribution in [3.05, 3.63) is 35.6 Å². The molecule has 1 amide bonds. The maximum absolute atomic E-state index is 14.0. The molecule has 1 aromatic rings. The van der Waals surface area contributed by atoms with Crippen molar-refractivity contribution in [2.75, 3.05) is 6.54 Å². The summed E-state index contributed by atoms with van der Waals surface area (Å²) in [7, 11) is 0. The number of hydrogen-bond donors (Lipinski definition) is 4. The van der Waals surface area contributed by atoms with Crippen LogP contribution in [0.15, 0.2) is 24.3 Å². The molecule has 0 aromatic heterocycles. The van der Waals surface area contributed by atoms with Crippen molar-refractivity contribution in [2.24, 2.45) is 11.8 Å². The van der Waals surface area contributed by atoms with Crippen LogP contribution in [0.25, 0.3) is 0 Å². The lowest BCUT2D eigenvalue weighted by atomic mass is 9.85. The Morgan fingerprint density at radius 2 is 1.88 bits per heavy atom. The Balaban J connectivity index is 1.61. The average Bonchev–Trinajstić information content (AvgIpc) is 3.05. The lowest BCUT2D eigenvalue weighted by Crippen LogP contribution is -2.43. The topological polar surface area (TPSA) is 90.5 Å². The van der Waals surface area contributed by atoms with Crippen molar-refractivity contribution in [3.8, 4) is 0 Å². The number of benzene rings is 1. The standard InChI is InChI=1S/C17H22FN3O3/c18-14-4-2-1-3-12(14)15-13(9-19-21-15)16(22)20-11-7-5-10(6-8-11)17(23)24/h1-4,10-11,13,15,19,21H,5-9H2,(H,20,22)(H,23,24). The third kappa shape index (κ3) is 3.57. The number of amides is 1. The number of carbonyl (C=O) groups excluding carboxylic acids is 1. The molecule has 130 valence electrons. The molecule has 7 heteroatoms. The molecule has 3 rings (SSSR count). The summed E-state index contributed by atoms with van der Waals surface area (Å²) in [6.07, 6.45) is 2.50. The van der Waals surface area contributed by atoms with E-state index in [2.05, 4.69) is 16.2 Å². The van der Waals surface area contributed by atoms with Gasteiger partial charge in [0.15, 0.2) is 0 Å². The summed E-state index contributed by atoms with van der Waals surface area (Å²) in [6, 6.07) is 6.02. The van der Waals surface area contributed by atoms with Gasteiger partial charge in [-0.25, -0.2) is 9.82 Å². The fourth-order valence-electron chi connectivity index (χ4n) is 3.56. The lowest BCUT2D eigenvalue weighted by molar-refractivity contribution is -0.142. The highest BCUT2D eigenvalue weighted by molar-refractivity contribution is 5.80. The second-order valence-electron chi connectivity index (χ2n) is 6.53. The fourth-order valence-corrected chi connectivity index (χ4v) is 3.56. The molecule has 2 unspecified atom stereocenters. The average molecular weight is 335 g/mol. The SMILES string of the molecule is O=C(O)C1CCC(NC(=O)C2CNNC2c2ccccc2F)CC1. The van der Waals surface area contributed by atoms with Gasteiger partial charge in [-0.2, -0.15) is 0 Å². The first-order valence-electron chi connectivity index (χ1n) is 8.32. The van der Waals surface area contributed by atoms with Gasteiger partial charge in [0.2, 0.25) is 5.91 Å². The third-order valence-corrected chi connectivity index (χ3v) is 4.98. The van der Waals surface area contributed by atoms with Gasteiger partial charge in [0.25, 0.3) is 0 Å². The first-order chi connectivity index (χ1) is 11.6. The van der Waals surface area contributed by atoms with Gasteiger partial charge in [-0.05, 0) is 31.7 Å². The van der Waals surface area contributed by atoms with E-state index < -0.39 is 17.9 Å². The van der Waals surface area contributed by atoms with E-state index in [0.29, 0.717) is 37.8 Å². The predicted octanol–water partition coefficient (Wildman–Crippen LogP) is 1.35. The molecular formula is C17H22FN3O3. The van der Waals surface area contributed by atoms with E-state index in [1.54, 1.807) is 18.2 Å². The summed E-state index contributed by atoms with van der Waals surface area (Å²) < 4.78 is 14.0. The van der Waals surface area contributed by atoms with Crippen LogP contribution in [0.1, 0.15) is 37.3 Å². The summed E-state index contributed by atoms with van der Waals surface area (Å²) in [5, 5.41) is 12.0. The highest BCUT2D eigenvalue weighted by Crippen LogP contribution is 2.29. The number of aliphatic carboxylic acids is 1. The van der Waals surface area contributed by atoms with E-state index in [-0.39, 0.29) is 23.7 Å². The Hall–Kier alpha value is -1.99. The van der Waals surface area contributed by atoms with Crippen LogP contribution >= 0.6 is 0 Å². The van der Waals surface area contributed by atoms with Gasteiger partial charge in [0.05, 0.1) is 17.9 Å². The molecule has 1 aliphatic heterocycles. The van der Waals surface area contributed by atoms with E-state index in [1.165, 1.54) is 6.07 Å². The molecule has 24 heavy (non-hydrogen) atoms. The smallest absolute Gasteiger partial charge is 0.306 e. The van der Waals surface area contributed by atoms with Crippen LogP contribution in [0.5, 0.6) is 0 Å². The van der Waals surface area contributed by atoms with Gasteiger partial charge in [-0.15, -0.1) is 0 Å². The summed E-state index contributed by atoms with van der Waals surface area (Å²) in [4.78, 5) is 23.6. The van der Waals surface area contributed by atoms with E-state index in [1.807, 2.05) is 0 Å². The molecule has 0 bridgehead atoms. The molecule has 2 aliphatic rings. The highest BCUT2D eigenvalue weighted by atomic mass is 19.1. The number of carbonyl (C=O) groups is 2. The third-order valence-electron chi connectivity index (χ3n) is 4.98. The predicted molar refractivity (Wildman–Crippen MR) is 85.3 cm³/mol. The van der Waals surface area contributed by atoms with Crippen molar-refractivity contribution in [1.29, 1.82) is 0 Å². The molecule has 1 saturated heterocycles. The van der Waals surface area contributed by atoms with Crippen LogP contribution in [0.4, 0.5) is 4.39 Å². The highest BCUT2D eigenvalue weighted by Gasteiger charge is 2.36. The fraction of sp³-hybridized carbons (Fsp3) is 0.529. The van der Waals surface area contributed by atoms with E-state index in [0.717, 1.165) is 0 Å². The van der Waals surface area contributed by atoms with Gasteiger partial charge >= 0.3 is 5.97 Å². The van der Waals surface area contributed by atoms with Gasteiger partial charge in [0.1, 0.15) is 5.82 Å². The van der Waals surface area contributed by atoms with Crippen LogP contribution in [-0.2, 0) is 9.59 Å². The van der Waals surface area contributed by atoms with E-state index in [9.17, 15) is 14.0 Å². The van der Waals surface area contributed by atoms with Gasteiger partial charge < -0.3 is 10.4 Å². The number of hydrazine groups is 1. The van der Waals surface area contributed by atoms with Crippen molar-refractivity contribution < 1.29 is 19.1 Å². The summed E-state index contributed by atoms with van der Waals surface area (Å²) in [6.45, 7) is 0.426. The Labute approximate surface area is 139 Å². The molecule has 1 aliphatic carbocycles.